The average Bonchev–Trinajstić information content (AvgIpc) is 2.14. The Kier molecular flexibility index (Phi) is 5.76. The van der Waals surface area contributed by atoms with Gasteiger partial charge in [0.1, 0.15) is 0 Å². The summed E-state index contributed by atoms with van der Waals surface area (Å²) in [6.07, 6.45) is 9.84. The lowest BCUT2D eigenvalue weighted by atomic mass is 9.90. The van der Waals surface area contributed by atoms with Crippen molar-refractivity contribution in [2.75, 3.05) is 0 Å². The van der Waals surface area contributed by atoms with Crippen molar-refractivity contribution in [2.45, 2.75) is 34.6 Å². The lowest BCUT2D eigenvalue weighted by Gasteiger charge is -2.23. The van der Waals surface area contributed by atoms with E-state index in [4.69, 9.17) is 0 Å². The van der Waals surface area contributed by atoms with Crippen LogP contribution < -0.4 is 5.32 Å². The van der Waals surface area contributed by atoms with Crippen LogP contribution >= 0.6 is 0 Å². The van der Waals surface area contributed by atoms with Crippen LogP contribution in [0, 0.1) is 5.41 Å². The van der Waals surface area contributed by atoms with E-state index >= 15 is 0 Å². The summed E-state index contributed by atoms with van der Waals surface area (Å²) >= 11 is 0. The summed E-state index contributed by atoms with van der Waals surface area (Å²) in [6, 6.07) is 0. The van der Waals surface area contributed by atoms with Gasteiger partial charge >= 0.3 is 0 Å². The maximum Gasteiger partial charge on any atom is 0.0203 e. The first-order valence-electron chi connectivity index (χ1n) is 5.31. The molecule has 0 aromatic rings. The fourth-order valence-electron chi connectivity index (χ4n) is 0.992. The fourth-order valence-corrected chi connectivity index (χ4v) is 0.992. The van der Waals surface area contributed by atoms with E-state index in [0.29, 0.717) is 0 Å². The number of rotatable bonds is 4. The molecule has 0 spiro atoms. The molecule has 0 fully saturated rings. The number of nitrogens with one attached hydrogen (secondary N) is 1. The molecule has 0 saturated carbocycles. The third-order valence-corrected chi connectivity index (χ3v) is 2.11. The Labute approximate surface area is 94.3 Å². The molecule has 0 aromatic heterocycles. The number of hydrogen-bond donors (Lipinski definition) is 1. The van der Waals surface area contributed by atoms with E-state index in [2.05, 4.69) is 51.7 Å². The zero-order valence-corrected chi connectivity index (χ0v) is 10.6. The van der Waals surface area contributed by atoms with Crippen LogP contribution in [0.5, 0.6) is 0 Å². The molecule has 1 heteroatoms. The van der Waals surface area contributed by atoms with E-state index < -0.39 is 0 Å². The summed E-state index contributed by atoms with van der Waals surface area (Å²) in [4.78, 5) is 0. The summed E-state index contributed by atoms with van der Waals surface area (Å²) in [5.74, 6) is 0. The summed E-state index contributed by atoms with van der Waals surface area (Å²) in [5, 5.41) is 3.29. The molecular weight excluding hydrogens is 182 g/mol. The molecule has 0 unspecified atom stereocenters. The van der Waals surface area contributed by atoms with Crippen molar-refractivity contribution in [3.63, 3.8) is 0 Å². The average molecular weight is 205 g/mol. The maximum atomic E-state index is 3.64. The largest absolute Gasteiger partial charge is 0.365 e. The molecular formula is C14H23N. The maximum absolute atomic E-state index is 3.64. The smallest absolute Gasteiger partial charge is 0.0203 e. The second kappa shape index (κ2) is 6.28. The Bertz CT molecular complexity index is 285. The van der Waals surface area contributed by atoms with Crippen molar-refractivity contribution in [1.82, 2.24) is 5.32 Å². The molecule has 0 rings (SSSR count). The summed E-state index contributed by atoms with van der Waals surface area (Å²) < 4.78 is 0. The van der Waals surface area contributed by atoms with Gasteiger partial charge in [-0.3, -0.25) is 0 Å². The van der Waals surface area contributed by atoms with Gasteiger partial charge in [0.2, 0.25) is 0 Å². The van der Waals surface area contributed by atoms with Gasteiger partial charge in [-0.1, -0.05) is 45.1 Å². The molecule has 1 N–H and O–H groups in total. The van der Waals surface area contributed by atoms with Gasteiger partial charge in [-0.15, -0.1) is 0 Å². The highest BCUT2D eigenvalue weighted by Crippen LogP contribution is 2.24. The monoisotopic (exact) mass is 205 g/mol. The minimum absolute atomic E-state index is 0.121. The molecule has 0 radical (unpaired) electrons. The summed E-state index contributed by atoms with van der Waals surface area (Å²) in [7, 11) is 0. The van der Waals surface area contributed by atoms with Crippen LogP contribution in [0.25, 0.3) is 0 Å². The van der Waals surface area contributed by atoms with E-state index in [-0.39, 0.29) is 5.41 Å². The van der Waals surface area contributed by atoms with E-state index in [1.165, 1.54) is 11.3 Å². The Morgan fingerprint density at radius 3 is 2.27 bits per heavy atom. The highest BCUT2D eigenvalue weighted by molar-refractivity contribution is 5.25. The molecule has 0 amide bonds. The van der Waals surface area contributed by atoms with Gasteiger partial charge in [-0.2, -0.15) is 0 Å². The zero-order chi connectivity index (χ0) is 11.9. The third kappa shape index (κ3) is 5.95. The van der Waals surface area contributed by atoms with Gasteiger partial charge in [-0.25, -0.2) is 0 Å². The molecule has 0 bridgehead atoms. The van der Waals surface area contributed by atoms with Crippen LogP contribution in [-0.4, -0.2) is 0 Å². The first-order chi connectivity index (χ1) is 6.91. The van der Waals surface area contributed by atoms with E-state index in [1.807, 2.05) is 19.2 Å². The minimum atomic E-state index is 0.121. The summed E-state index contributed by atoms with van der Waals surface area (Å²) in [5.41, 5.74) is 2.59. The predicted octanol–water partition coefficient (Wildman–Crippen LogP) is 4.17. The van der Waals surface area contributed by atoms with Crippen molar-refractivity contribution < 1.29 is 0 Å². The van der Waals surface area contributed by atoms with Gasteiger partial charge < -0.3 is 5.32 Å². The molecule has 15 heavy (non-hydrogen) atoms. The Morgan fingerprint density at radius 2 is 1.87 bits per heavy atom. The quantitative estimate of drug-likeness (QED) is 0.679. The molecule has 0 aliphatic carbocycles. The van der Waals surface area contributed by atoms with Gasteiger partial charge in [0.25, 0.3) is 0 Å². The van der Waals surface area contributed by atoms with Gasteiger partial charge in [0.05, 0.1) is 0 Å². The lowest BCUT2D eigenvalue weighted by Crippen LogP contribution is -2.20. The Balaban J connectivity index is 4.83. The van der Waals surface area contributed by atoms with Crippen LogP contribution in [0.2, 0.25) is 0 Å². The fraction of sp³-hybridized carbons (Fsp3) is 0.429. The molecule has 0 aliphatic heterocycles. The number of allylic oxidation sites excluding steroid dienone is 6. The molecule has 0 saturated heterocycles. The molecule has 0 aromatic carbocycles. The molecule has 84 valence electrons. The van der Waals surface area contributed by atoms with Crippen molar-refractivity contribution >= 4 is 0 Å². The molecule has 0 heterocycles. The lowest BCUT2D eigenvalue weighted by molar-refractivity contribution is 0.478. The van der Waals surface area contributed by atoms with Gasteiger partial charge in [-0.05, 0) is 26.0 Å². The van der Waals surface area contributed by atoms with Crippen molar-refractivity contribution in [3.05, 3.63) is 48.4 Å². The van der Waals surface area contributed by atoms with Crippen LogP contribution in [0.15, 0.2) is 48.4 Å². The number of hydrogen-bond acceptors (Lipinski definition) is 1. The second-order valence-corrected chi connectivity index (χ2v) is 4.58. The topological polar surface area (TPSA) is 12.0 Å². The molecule has 0 atom stereocenters. The Morgan fingerprint density at radius 1 is 1.27 bits per heavy atom. The highest BCUT2D eigenvalue weighted by atomic mass is 14.9. The normalized spacial score (nSPS) is 14.5. The Hall–Kier alpha value is -1.24. The molecule has 1 nitrogen and oxygen atoms in total. The van der Waals surface area contributed by atoms with E-state index in [1.54, 1.807) is 6.08 Å². The highest BCUT2D eigenvalue weighted by Gasteiger charge is 2.15. The standard InChI is InChI=1S/C14H23N/c1-7-9-10-15-13(14(4,5)6)11-12(3)8-2/h7-11,15H,1H2,2-6H3/b10-9+,12-8+,13-11+. The van der Waals surface area contributed by atoms with Gasteiger partial charge in [0.15, 0.2) is 0 Å². The third-order valence-electron chi connectivity index (χ3n) is 2.11. The minimum Gasteiger partial charge on any atom is -0.365 e. The van der Waals surface area contributed by atoms with Crippen LogP contribution in [0.1, 0.15) is 34.6 Å². The first kappa shape index (κ1) is 13.8. The zero-order valence-electron chi connectivity index (χ0n) is 10.6. The van der Waals surface area contributed by atoms with Crippen LogP contribution in [-0.2, 0) is 0 Å². The second-order valence-electron chi connectivity index (χ2n) is 4.58. The first-order valence-corrected chi connectivity index (χ1v) is 5.31. The summed E-state index contributed by atoms with van der Waals surface area (Å²) in [6.45, 7) is 14.4. The van der Waals surface area contributed by atoms with E-state index in [9.17, 15) is 0 Å². The van der Waals surface area contributed by atoms with Crippen molar-refractivity contribution in [1.29, 1.82) is 0 Å². The van der Waals surface area contributed by atoms with E-state index in [0.717, 1.165) is 0 Å². The van der Waals surface area contributed by atoms with Crippen LogP contribution in [0.3, 0.4) is 0 Å². The predicted molar refractivity (Wildman–Crippen MR) is 69.4 cm³/mol. The van der Waals surface area contributed by atoms with Crippen molar-refractivity contribution in [3.8, 4) is 0 Å². The van der Waals surface area contributed by atoms with Crippen LogP contribution in [0.4, 0.5) is 0 Å². The molecule has 0 aliphatic rings. The SMILES string of the molecule is C=C/C=C/N/C(=C/C(C)=C/C)C(C)(C)C. The van der Waals surface area contributed by atoms with Gasteiger partial charge in [0, 0.05) is 17.3 Å². The van der Waals surface area contributed by atoms with Crippen molar-refractivity contribution in [2.24, 2.45) is 5.41 Å².